The number of ether oxygens (including phenoxy) is 1. The first-order valence-electron chi connectivity index (χ1n) is 6.39. The van der Waals surface area contributed by atoms with E-state index >= 15 is 0 Å². The number of methoxy groups -OCH3 is 1. The Morgan fingerprint density at radius 3 is 3.00 bits per heavy atom. The zero-order valence-electron chi connectivity index (χ0n) is 11.4. The number of thioether (sulfide) groups is 1. The van der Waals surface area contributed by atoms with Crippen LogP contribution >= 0.6 is 11.8 Å². The van der Waals surface area contributed by atoms with Gasteiger partial charge in [-0.05, 0) is 30.9 Å². The predicted octanol–water partition coefficient (Wildman–Crippen LogP) is 2.21. The van der Waals surface area contributed by atoms with E-state index in [1.165, 1.54) is 10.5 Å². The van der Waals surface area contributed by atoms with E-state index < -0.39 is 0 Å². The van der Waals surface area contributed by atoms with Crippen LogP contribution in [0.1, 0.15) is 12.5 Å². The van der Waals surface area contributed by atoms with Crippen molar-refractivity contribution in [3.63, 3.8) is 0 Å². The Labute approximate surface area is 114 Å². The zero-order chi connectivity index (χ0) is 13.0. The largest absolute Gasteiger partial charge is 0.496 e. The van der Waals surface area contributed by atoms with E-state index in [4.69, 9.17) is 4.74 Å². The molecule has 4 heteroatoms. The van der Waals surface area contributed by atoms with Gasteiger partial charge in [0.2, 0.25) is 0 Å². The lowest BCUT2D eigenvalue weighted by molar-refractivity contribution is 0.199. The van der Waals surface area contributed by atoms with Crippen LogP contribution < -0.4 is 10.1 Å². The maximum absolute atomic E-state index is 5.44. The lowest BCUT2D eigenvalue weighted by Crippen LogP contribution is -2.48. The molecule has 1 heterocycles. The molecule has 0 spiro atoms. The molecule has 0 radical (unpaired) electrons. The first kappa shape index (κ1) is 13.7. The average Bonchev–Trinajstić information content (AvgIpc) is 2.38. The van der Waals surface area contributed by atoms with Crippen molar-refractivity contribution in [2.75, 3.05) is 33.0 Å². The van der Waals surface area contributed by atoms with Gasteiger partial charge in [0, 0.05) is 37.1 Å². The van der Waals surface area contributed by atoms with Gasteiger partial charge in [-0.3, -0.25) is 4.90 Å². The second-order valence-electron chi connectivity index (χ2n) is 4.78. The van der Waals surface area contributed by atoms with E-state index in [1.807, 2.05) is 0 Å². The summed E-state index contributed by atoms with van der Waals surface area (Å²) < 4.78 is 5.44. The second-order valence-corrected chi connectivity index (χ2v) is 5.63. The molecule has 1 aliphatic rings. The van der Waals surface area contributed by atoms with Crippen LogP contribution in [0.15, 0.2) is 23.1 Å². The molecule has 0 bridgehead atoms. The molecular formula is C14H22N2OS. The fraction of sp³-hybridized carbons (Fsp3) is 0.571. The lowest BCUT2D eigenvalue weighted by Gasteiger charge is -2.31. The summed E-state index contributed by atoms with van der Waals surface area (Å²) in [6.45, 7) is 6.57. The molecule has 1 aromatic rings. The Hall–Kier alpha value is -0.710. The maximum Gasteiger partial charge on any atom is 0.132 e. The molecule has 1 N–H and O–H groups in total. The minimum atomic E-state index is 0.589. The van der Waals surface area contributed by atoms with Crippen LogP contribution in [0, 0.1) is 0 Å². The van der Waals surface area contributed by atoms with E-state index in [2.05, 4.69) is 41.6 Å². The monoisotopic (exact) mass is 266 g/mol. The van der Waals surface area contributed by atoms with E-state index in [9.17, 15) is 0 Å². The number of nitrogens with one attached hydrogen (secondary N) is 1. The zero-order valence-corrected chi connectivity index (χ0v) is 12.2. The highest BCUT2D eigenvalue weighted by molar-refractivity contribution is 7.98. The summed E-state index contributed by atoms with van der Waals surface area (Å²) in [7, 11) is 1.74. The molecule has 2 rings (SSSR count). The first-order valence-corrected chi connectivity index (χ1v) is 7.62. The number of rotatable bonds is 4. The fourth-order valence-corrected chi connectivity index (χ4v) is 2.94. The Kier molecular flexibility index (Phi) is 4.92. The van der Waals surface area contributed by atoms with Gasteiger partial charge in [0.1, 0.15) is 5.75 Å². The molecule has 1 fully saturated rings. The SMILES string of the molecule is COc1cc(CN2CCNC(C)C2)ccc1SC. The number of nitrogens with zero attached hydrogens (tertiary/aromatic N) is 1. The maximum atomic E-state index is 5.44. The Bertz CT molecular complexity index is 397. The number of piperazine rings is 1. The Balaban J connectivity index is 2.04. The quantitative estimate of drug-likeness (QED) is 0.845. The minimum Gasteiger partial charge on any atom is -0.496 e. The van der Waals surface area contributed by atoms with Crippen molar-refractivity contribution in [3.8, 4) is 5.75 Å². The van der Waals surface area contributed by atoms with Gasteiger partial charge in [-0.15, -0.1) is 11.8 Å². The number of benzene rings is 1. The van der Waals surface area contributed by atoms with Crippen molar-refractivity contribution in [2.24, 2.45) is 0 Å². The van der Waals surface area contributed by atoms with Crippen molar-refractivity contribution in [2.45, 2.75) is 24.4 Å². The van der Waals surface area contributed by atoms with Gasteiger partial charge in [0.05, 0.1) is 7.11 Å². The molecule has 0 aliphatic carbocycles. The summed E-state index contributed by atoms with van der Waals surface area (Å²) in [6, 6.07) is 7.12. The molecule has 3 nitrogen and oxygen atoms in total. The van der Waals surface area contributed by atoms with Gasteiger partial charge in [0.25, 0.3) is 0 Å². The number of hydrogen-bond acceptors (Lipinski definition) is 4. The molecule has 1 atom stereocenters. The topological polar surface area (TPSA) is 24.5 Å². The fourth-order valence-electron chi connectivity index (χ4n) is 2.39. The molecule has 100 valence electrons. The third-order valence-electron chi connectivity index (χ3n) is 3.31. The van der Waals surface area contributed by atoms with Crippen molar-refractivity contribution in [1.29, 1.82) is 0 Å². The van der Waals surface area contributed by atoms with Gasteiger partial charge in [-0.1, -0.05) is 6.07 Å². The summed E-state index contributed by atoms with van der Waals surface area (Å²) in [4.78, 5) is 3.70. The average molecular weight is 266 g/mol. The predicted molar refractivity (Wildman–Crippen MR) is 77.5 cm³/mol. The van der Waals surface area contributed by atoms with Gasteiger partial charge in [0.15, 0.2) is 0 Å². The molecule has 18 heavy (non-hydrogen) atoms. The van der Waals surface area contributed by atoms with Gasteiger partial charge < -0.3 is 10.1 Å². The van der Waals surface area contributed by atoms with Crippen LogP contribution in [0.25, 0.3) is 0 Å². The van der Waals surface area contributed by atoms with Crippen LogP contribution in [0.3, 0.4) is 0 Å². The molecule has 1 unspecified atom stereocenters. The molecule has 1 saturated heterocycles. The highest BCUT2D eigenvalue weighted by atomic mass is 32.2. The number of hydrogen-bond donors (Lipinski definition) is 1. The summed E-state index contributed by atoms with van der Waals surface area (Å²) >= 11 is 1.73. The van der Waals surface area contributed by atoms with Crippen LogP contribution in [-0.4, -0.2) is 43.9 Å². The second kappa shape index (κ2) is 6.45. The highest BCUT2D eigenvalue weighted by Crippen LogP contribution is 2.28. The van der Waals surface area contributed by atoms with Crippen molar-refractivity contribution >= 4 is 11.8 Å². The normalized spacial score (nSPS) is 20.9. The summed E-state index contributed by atoms with van der Waals surface area (Å²) in [6.07, 6.45) is 2.08. The van der Waals surface area contributed by atoms with Crippen LogP contribution in [0.4, 0.5) is 0 Å². The molecular weight excluding hydrogens is 244 g/mol. The van der Waals surface area contributed by atoms with Crippen LogP contribution in [-0.2, 0) is 6.54 Å². The smallest absolute Gasteiger partial charge is 0.132 e. The van der Waals surface area contributed by atoms with E-state index in [1.54, 1.807) is 18.9 Å². The summed E-state index contributed by atoms with van der Waals surface area (Å²) in [5, 5.41) is 3.47. The lowest BCUT2D eigenvalue weighted by atomic mass is 10.1. The Morgan fingerprint density at radius 1 is 1.50 bits per heavy atom. The van der Waals surface area contributed by atoms with E-state index in [-0.39, 0.29) is 0 Å². The summed E-state index contributed by atoms with van der Waals surface area (Å²) in [5.41, 5.74) is 1.33. The third-order valence-corrected chi connectivity index (χ3v) is 4.08. The van der Waals surface area contributed by atoms with Gasteiger partial charge in [-0.2, -0.15) is 0 Å². The van der Waals surface area contributed by atoms with E-state index in [0.717, 1.165) is 31.9 Å². The highest BCUT2D eigenvalue weighted by Gasteiger charge is 2.16. The third kappa shape index (κ3) is 3.40. The minimum absolute atomic E-state index is 0.589. The van der Waals surface area contributed by atoms with Crippen molar-refractivity contribution in [1.82, 2.24) is 10.2 Å². The Morgan fingerprint density at radius 2 is 2.33 bits per heavy atom. The van der Waals surface area contributed by atoms with Crippen molar-refractivity contribution in [3.05, 3.63) is 23.8 Å². The molecule has 0 saturated carbocycles. The van der Waals surface area contributed by atoms with Crippen LogP contribution in [0.2, 0.25) is 0 Å². The molecule has 0 amide bonds. The molecule has 0 aromatic heterocycles. The molecule has 1 aliphatic heterocycles. The summed E-state index contributed by atoms with van der Waals surface area (Å²) in [5.74, 6) is 0.989. The van der Waals surface area contributed by atoms with Gasteiger partial charge in [-0.25, -0.2) is 0 Å². The van der Waals surface area contributed by atoms with Gasteiger partial charge >= 0.3 is 0 Å². The molecule has 1 aromatic carbocycles. The van der Waals surface area contributed by atoms with Crippen molar-refractivity contribution < 1.29 is 4.74 Å². The van der Waals surface area contributed by atoms with E-state index in [0.29, 0.717) is 6.04 Å². The first-order chi connectivity index (χ1) is 8.72. The van der Waals surface area contributed by atoms with Crippen LogP contribution in [0.5, 0.6) is 5.75 Å². The standard InChI is InChI=1S/C14H22N2OS/c1-11-9-16(7-6-15-11)10-12-4-5-14(18-3)13(8-12)17-2/h4-5,8,11,15H,6-7,9-10H2,1-3H3.